The summed E-state index contributed by atoms with van der Waals surface area (Å²) in [5.41, 5.74) is 1.79. The predicted molar refractivity (Wildman–Crippen MR) is 127 cm³/mol. The zero-order valence-electron chi connectivity index (χ0n) is 16.8. The molecule has 5 rings (SSSR count). The zero-order chi connectivity index (χ0) is 22.2. The monoisotopic (exact) mass is 484 g/mol. The van der Waals surface area contributed by atoms with E-state index in [9.17, 15) is 14.7 Å². The fraction of sp³-hybridized carbons (Fsp3) is 0.0385. The zero-order valence-corrected chi connectivity index (χ0v) is 18.4. The van der Waals surface area contributed by atoms with Gasteiger partial charge < -0.3 is 5.11 Å². The molecule has 6 heteroatoms. The lowest BCUT2D eigenvalue weighted by Crippen LogP contribution is -2.29. The topological polar surface area (TPSA) is 70.5 Å². The number of benzene rings is 3. The van der Waals surface area contributed by atoms with E-state index in [0.29, 0.717) is 16.8 Å². The minimum Gasteiger partial charge on any atom is -0.507 e. The van der Waals surface area contributed by atoms with Crippen LogP contribution in [0.15, 0.2) is 101 Å². The largest absolute Gasteiger partial charge is 0.507 e. The number of hydrogen-bond donors (Lipinski definition) is 1. The van der Waals surface area contributed by atoms with Gasteiger partial charge in [0.15, 0.2) is 0 Å². The van der Waals surface area contributed by atoms with Crippen LogP contribution >= 0.6 is 15.9 Å². The van der Waals surface area contributed by atoms with E-state index in [0.717, 1.165) is 15.2 Å². The van der Waals surface area contributed by atoms with Crippen LogP contribution in [0.1, 0.15) is 17.2 Å². The highest BCUT2D eigenvalue weighted by molar-refractivity contribution is 9.10. The van der Waals surface area contributed by atoms with Crippen LogP contribution in [0.3, 0.4) is 0 Å². The van der Waals surface area contributed by atoms with Gasteiger partial charge >= 0.3 is 0 Å². The maximum absolute atomic E-state index is 13.2. The molecule has 1 aliphatic rings. The van der Waals surface area contributed by atoms with Crippen LogP contribution in [0.25, 0.3) is 16.5 Å². The Morgan fingerprint density at radius 3 is 2.28 bits per heavy atom. The molecular formula is C26H17BrN2O3. The van der Waals surface area contributed by atoms with Gasteiger partial charge in [-0.3, -0.25) is 19.5 Å². The van der Waals surface area contributed by atoms with E-state index in [-0.39, 0.29) is 11.3 Å². The number of aromatic nitrogens is 1. The first kappa shape index (κ1) is 20.2. The molecular weight excluding hydrogens is 468 g/mol. The highest BCUT2D eigenvalue weighted by atomic mass is 79.9. The number of fused-ring (bicyclic) bond motifs is 1. The molecule has 1 fully saturated rings. The number of aliphatic hydroxyl groups excluding tert-OH is 1. The SMILES string of the molecule is O=C1C(=O)N(c2ccc(Br)cc2)C(c2ccncc2)/C1=C(/O)c1ccc2ccccc2c1. The van der Waals surface area contributed by atoms with Gasteiger partial charge in [0.05, 0.1) is 11.6 Å². The van der Waals surface area contributed by atoms with E-state index in [1.165, 1.54) is 4.90 Å². The summed E-state index contributed by atoms with van der Waals surface area (Å²) in [6.07, 6.45) is 3.21. The van der Waals surface area contributed by atoms with Crippen molar-refractivity contribution in [3.8, 4) is 0 Å². The molecule has 1 aliphatic heterocycles. The molecule has 0 radical (unpaired) electrons. The lowest BCUT2D eigenvalue weighted by Gasteiger charge is -2.25. The molecule has 0 spiro atoms. The summed E-state index contributed by atoms with van der Waals surface area (Å²) in [6.45, 7) is 0. The number of pyridine rings is 1. The number of aliphatic hydroxyl groups is 1. The second-order valence-corrected chi connectivity index (χ2v) is 8.40. The maximum atomic E-state index is 13.2. The molecule has 1 N–H and O–H groups in total. The lowest BCUT2D eigenvalue weighted by molar-refractivity contribution is -0.132. The fourth-order valence-electron chi connectivity index (χ4n) is 4.05. The Hall–Kier alpha value is -3.77. The molecule has 1 atom stereocenters. The Morgan fingerprint density at radius 2 is 1.56 bits per heavy atom. The Balaban J connectivity index is 1.72. The van der Waals surface area contributed by atoms with Crippen LogP contribution in [-0.2, 0) is 9.59 Å². The van der Waals surface area contributed by atoms with Crippen molar-refractivity contribution >= 4 is 49.8 Å². The van der Waals surface area contributed by atoms with Gasteiger partial charge in [-0.05, 0) is 58.8 Å². The molecule has 1 amide bonds. The van der Waals surface area contributed by atoms with Crippen LogP contribution in [0.2, 0.25) is 0 Å². The highest BCUT2D eigenvalue weighted by Crippen LogP contribution is 2.42. The van der Waals surface area contributed by atoms with Crippen molar-refractivity contribution in [2.24, 2.45) is 0 Å². The van der Waals surface area contributed by atoms with Crippen LogP contribution in [0, 0.1) is 0 Å². The van der Waals surface area contributed by atoms with E-state index in [1.54, 1.807) is 42.7 Å². The summed E-state index contributed by atoms with van der Waals surface area (Å²) < 4.78 is 0.856. The van der Waals surface area contributed by atoms with Crippen LogP contribution in [0.5, 0.6) is 0 Å². The normalized spacial score (nSPS) is 17.8. The minimum absolute atomic E-state index is 0.0550. The van der Waals surface area contributed by atoms with Gasteiger partial charge in [0, 0.05) is 28.1 Å². The van der Waals surface area contributed by atoms with Crippen molar-refractivity contribution in [3.63, 3.8) is 0 Å². The first-order valence-electron chi connectivity index (χ1n) is 10.0. The Labute approximate surface area is 192 Å². The van der Waals surface area contributed by atoms with Gasteiger partial charge in [0.1, 0.15) is 5.76 Å². The number of amides is 1. The van der Waals surface area contributed by atoms with Gasteiger partial charge in [0.2, 0.25) is 0 Å². The number of carbonyl (C=O) groups excluding carboxylic acids is 2. The summed E-state index contributed by atoms with van der Waals surface area (Å²) >= 11 is 3.40. The standard InChI is InChI=1S/C26H17BrN2O3/c27-20-7-9-21(10-8-20)29-23(17-11-13-28-14-12-17)22(25(31)26(29)32)24(30)19-6-5-16-3-1-2-4-18(16)15-19/h1-15,23,30H/b24-22-. The van der Waals surface area contributed by atoms with E-state index < -0.39 is 17.7 Å². The molecule has 3 aromatic carbocycles. The third kappa shape index (κ3) is 3.39. The van der Waals surface area contributed by atoms with Crippen molar-refractivity contribution in [1.29, 1.82) is 0 Å². The second kappa shape index (κ2) is 8.05. The smallest absolute Gasteiger partial charge is 0.300 e. The second-order valence-electron chi connectivity index (χ2n) is 7.49. The van der Waals surface area contributed by atoms with Crippen molar-refractivity contribution in [2.75, 3.05) is 4.90 Å². The Bertz CT molecular complexity index is 1380. The third-order valence-corrected chi connectivity index (χ3v) is 6.12. The summed E-state index contributed by atoms with van der Waals surface area (Å²) in [5, 5.41) is 13.2. The quantitative estimate of drug-likeness (QED) is 0.232. The number of halogens is 1. The summed E-state index contributed by atoms with van der Waals surface area (Å²) in [6, 6.07) is 23.1. The van der Waals surface area contributed by atoms with E-state index >= 15 is 0 Å². The summed E-state index contributed by atoms with van der Waals surface area (Å²) in [5.74, 6) is -1.60. The Morgan fingerprint density at radius 1 is 0.875 bits per heavy atom. The molecule has 1 saturated heterocycles. The van der Waals surface area contributed by atoms with Crippen LogP contribution in [-0.4, -0.2) is 21.8 Å². The van der Waals surface area contributed by atoms with E-state index in [1.807, 2.05) is 48.5 Å². The van der Waals surface area contributed by atoms with Crippen molar-refractivity contribution in [3.05, 3.63) is 112 Å². The lowest BCUT2D eigenvalue weighted by atomic mass is 9.95. The Kier molecular flexibility index (Phi) is 5.07. The number of hydrogen-bond acceptors (Lipinski definition) is 4. The minimum atomic E-state index is -0.773. The molecule has 0 bridgehead atoms. The molecule has 0 aliphatic carbocycles. The number of Topliss-reactive ketones (excluding diaryl/α,β-unsaturated/α-hetero) is 1. The molecule has 1 aromatic heterocycles. The number of anilines is 1. The molecule has 2 heterocycles. The third-order valence-electron chi connectivity index (χ3n) is 5.59. The fourth-order valence-corrected chi connectivity index (χ4v) is 4.32. The highest BCUT2D eigenvalue weighted by Gasteiger charge is 2.46. The van der Waals surface area contributed by atoms with Gasteiger partial charge in [0.25, 0.3) is 11.7 Å². The maximum Gasteiger partial charge on any atom is 0.300 e. The molecule has 0 saturated carbocycles. The van der Waals surface area contributed by atoms with Crippen LogP contribution < -0.4 is 4.90 Å². The number of carbonyl (C=O) groups is 2. The van der Waals surface area contributed by atoms with Crippen molar-refractivity contribution in [1.82, 2.24) is 4.98 Å². The molecule has 32 heavy (non-hydrogen) atoms. The molecule has 1 unspecified atom stereocenters. The van der Waals surface area contributed by atoms with E-state index in [2.05, 4.69) is 20.9 Å². The average Bonchev–Trinajstić information content (AvgIpc) is 3.10. The molecule has 156 valence electrons. The molecule has 4 aromatic rings. The summed E-state index contributed by atoms with van der Waals surface area (Å²) in [4.78, 5) is 31.8. The van der Waals surface area contributed by atoms with Gasteiger partial charge in [-0.15, -0.1) is 0 Å². The first-order valence-corrected chi connectivity index (χ1v) is 10.8. The molecule has 5 nitrogen and oxygen atoms in total. The average molecular weight is 485 g/mol. The van der Waals surface area contributed by atoms with Gasteiger partial charge in [-0.2, -0.15) is 0 Å². The van der Waals surface area contributed by atoms with Gasteiger partial charge in [-0.1, -0.05) is 52.3 Å². The van der Waals surface area contributed by atoms with Gasteiger partial charge in [-0.25, -0.2) is 0 Å². The predicted octanol–water partition coefficient (Wildman–Crippen LogP) is 5.62. The van der Waals surface area contributed by atoms with Crippen molar-refractivity contribution in [2.45, 2.75) is 6.04 Å². The number of ketones is 1. The number of rotatable bonds is 3. The number of nitrogens with zero attached hydrogens (tertiary/aromatic N) is 2. The summed E-state index contributed by atoms with van der Waals surface area (Å²) in [7, 11) is 0. The van der Waals surface area contributed by atoms with Crippen molar-refractivity contribution < 1.29 is 14.7 Å². The van der Waals surface area contributed by atoms with Crippen LogP contribution in [0.4, 0.5) is 5.69 Å². The van der Waals surface area contributed by atoms with E-state index in [4.69, 9.17) is 0 Å². The first-order chi connectivity index (χ1) is 15.5.